The number of nitrogens with one attached hydrogen (secondary N) is 1. The lowest BCUT2D eigenvalue weighted by Crippen LogP contribution is -2.22. The molecule has 3 N–H and O–H groups in total. The Bertz CT molecular complexity index is 697. The summed E-state index contributed by atoms with van der Waals surface area (Å²) in [4.78, 5) is 4.14. The maximum absolute atomic E-state index is 12.3. The zero-order chi connectivity index (χ0) is 17.6. The van der Waals surface area contributed by atoms with Crippen molar-refractivity contribution in [3.05, 3.63) is 59.7 Å². The van der Waals surface area contributed by atoms with E-state index in [1.54, 1.807) is 18.2 Å². The van der Waals surface area contributed by atoms with Gasteiger partial charge in [0, 0.05) is 11.3 Å². The summed E-state index contributed by atoms with van der Waals surface area (Å²) in [6.07, 6.45) is -4.39. The molecule has 0 saturated heterocycles. The maximum Gasteiger partial charge on any atom is 0.422 e. The van der Waals surface area contributed by atoms with E-state index in [9.17, 15) is 13.2 Å². The van der Waals surface area contributed by atoms with Gasteiger partial charge in [0.05, 0.1) is 6.54 Å². The van der Waals surface area contributed by atoms with E-state index in [4.69, 9.17) is 10.5 Å². The maximum atomic E-state index is 12.3. The Kier molecular flexibility index (Phi) is 5.68. The van der Waals surface area contributed by atoms with E-state index < -0.39 is 12.8 Å². The Hall–Kier alpha value is -2.70. The van der Waals surface area contributed by atoms with Crippen molar-refractivity contribution in [2.45, 2.75) is 19.6 Å². The Morgan fingerprint density at radius 2 is 1.79 bits per heavy atom. The van der Waals surface area contributed by atoms with Crippen LogP contribution in [0.1, 0.15) is 11.1 Å². The largest absolute Gasteiger partial charge is 0.484 e. The molecule has 0 atom stereocenters. The van der Waals surface area contributed by atoms with Crippen LogP contribution in [0.2, 0.25) is 0 Å². The highest BCUT2D eigenvalue weighted by molar-refractivity contribution is 5.92. The average molecular weight is 337 g/mol. The summed E-state index contributed by atoms with van der Waals surface area (Å²) >= 11 is 0. The van der Waals surface area contributed by atoms with Crippen LogP contribution in [0.5, 0.6) is 5.75 Å². The van der Waals surface area contributed by atoms with Gasteiger partial charge in [-0.2, -0.15) is 13.2 Å². The van der Waals surface area contributed by atoms with Gasteiger partial charge in [0.25, 0.3) is 0 Å². The third-order valence-electron chi connectivity index (χ3n) is 3.11. The average Bonchev–Trinajstić information content (AvgIpc) is 2.53. The van der Waals surface area contributed by atoms with Crippen molar-refractivity contribution in [3.63, 3.8) is 0 Å². The lowest BCUT2D eigenvalue weighted by molar-refractivity contribution is -0.153. The number of para-hydroxylation sites is 1. The number of halogens is 3. The zero-order valence-electron chi connectivity index (χ0n) is 13.1. The summed E-state index contributed by atoms with van der Waals surface area (Å²) in [6.45, 7) is 0.739. The number of anilines is 1. The van der Waals surface area contributed by atoms with Gasteiger partial charge in [-0.05, 0) is 25.1 Å². The molecule has 2 aromatic carbocycles. The predicted octanol–water partition coefficient (Wildman–Crippen LogP) is 3.86. The molecule has 24 heavy (non-hydrogen) atoms. The standard InChI is InChI=1S/C17H18F3N3O/c1-12-6-8-14(9-7-12)23-16(21)22-10-13-4-2-3-5-15(13)24-11-17(18,19)20/h2-9H,10-11H2,1H3,(H3,21,22,23). The van der Waals surface area contributed by atoms with Gasteiger partial charge < -0.3 is 15.8 Å². The second-order valence-electron chi connectivity index (χ2n) is 5.20. The molecule has 0 amide bonds. The van der Waals surface area contributed by atoms with Crippen LogP contribution >= 0.6 is 0 Å². The van der Waals surface area contributed by atoms with E-state index in [0.29, 0.717) is 5.56 Å². The minimum Gasteiger partial charge on any atom is -0.484 e. The molecule has 0 heterocycles. The molecule has 128 valence electrons. The van der Waals surface area contributed by atoms with Crippen LogP contribution in [-0.4, -0.2) is 18.7 Å². The molecule has 7 heteroatoms. The van der Waals surface area contributed by atoms with E-state index in [2.05, 4.69) is 10.3 Å². The monoisotopic (exact) mass is 337 g/mol. The number of hydrogen-bond acceptors (Lipinski definition) is 2. The molecular formula is C17H18F3N3O. The molecule has 2 rings (SSSR count). The van der Waals surface area contributed by atoms with Gasteiger partial charge in [-0.1, -0.05) is 35.9 Å². The van der Waals surface area contributed by atoms with Crippen LogP contribution in [0.25, 0.3) is 0 Å². The third kappa shape index (κ3) is 5.83. The number of ether oxygens (including phenoxy) is 1. The highest BCUT2D eigenvalue weighted by Gasteiger charge is 2.28. The van der Waals surface area contributed by atoms with Crippen molar-refractivity contribution in [3.8, 4) is 5.75 Å². The van der Waals surface area contributed by atoms with E-state index in [-0.39, 0.29) is 18.3 Å². The summed E-state index contributed by atoms with van der Waals surface area (Å²) in [5.41, 5.74) is 8.22. The van der Waals surface area contributed by atoms with Crippen LogP contribution in [0.15, 0.2) is 53.5 Å². The minimum absolute atomic E-state index is 0.110. The van der Waals surface area contributed by atoms with Gasteiger partial charge in [-0.3, -0.25) is 0 Å². The first-order valence-electron chi connectivity index (χ1n) is 7.24. The summed E-state index contributed by atoms with van der Waals surface area (Å²) < 4.78 is 41.6. The van der Waals surface area contributed by atoms with Gasteiger partial charge in [0.1, 0.15) is 5.75 Å². The van der Waals surface area contributed by atoms with Crippen LogP contribution in [0.4, 0.5) is 18.9 Å². The first-order valence-corrected chi connectivity index (χ1v) is 7.24. The molecule has 0 aliphatic carbocycles. The van der Waals surface area contributed by atoms with E-state index in [1.807, 2.05) is 31.2 Å². The molecule has 0 aliphatic rings. The number of guanidine groups is 1. The Labute approximate surface area is 138 Å². The number of alkyl halides is 3. The van der Waals surface area contributed by atoms with Crippen LogP contribution in [0.3, 0.4) is 0 Å². The molecule has 0 spiro atoms. The molecule has 0 aromatic heterocycles. The normalized spacial score (nSPS) is 12.1. The number of nitrogens with two attached hydrogens (primary N) is 1. The SMILES string of the molecule is Cc1ccc(NC(N)=NCc2ccccc2OCC(F)(F)F)cc1. The molecule has 0 aliphatic heterocycles. The Morgan fingerprint density at radius 3 is 2.46 bits per heavy atom. The molecule has 0 saturated carbocycles. The summed E-state index contributed by atoms with van der Waals surface area (Å²) in [7, 11) is 0. The smallest absolute Gasteiger partial charge is 0.422 e. The molecule has 2 aromatic rings. The van der Waals surface area contributed by atoms with Gasteiger partial charge >= 0.3 is 6.18 Å². The Morgan fingerprint density at radius 1 is 1.12 bits per heavy atom. The fraction of sp³-hybridized carbons (Fsp3) is 0.235. The van der Waals surface area contributed by atoms with Gasteiger partial charge in [0.15, 0.2) is 12.6 Å². The number of aryl methyl sites for hydroxylation is 1. The van der Waals surface area contributed by atoms with E-state index in [0.717, 1.165) is 11.3 Å². The van der Waals surface area contributed by atoms with Gasteiger partial charge in [-0.25, -0.2) is 4.99 Å². The molecule has 0 fully saturated rings. The molecular weight excluding hydrogens is 319 g/mol. The van der Waals surface area contributed by atoms with Gasteiger partial charge in [-0.15, -0.1) is 0 Å². The van der Waals surface area contributed by atoms with Gasteiger partial charge in [0.2, 0.25) is 0 Å². The first kappa shape index (κ1) is 17.7. The Balaban J connectivity index is 2.01. The molecule has 4 nitrogen and oxygen atoms in total. The van der Waals surface area contributed by atoms with Crippen LogP contribution in [0, 0.1) is 6.92 Å². The van der Waals surface area contributed by atoms with E-state index >= 15 is 0 Å². The second-order valence-corrected chi connectivity index (χ2v) is 5.20. The minimum atomic E-state index is -4.39. The number of nitrogens with zero attached hydrogens (tertiary/aromatic N) is 1. The fourth-order valence-corrected chi connectivity index (χ4v) is 1.93. The molecule has 0 unspecified atom stereocenters. The van der Waals surface area contributed by atoms with Crippen molar-refractivity contribution in [1.82, 2.24) is 0 Å². The quantitative estimate of drug-likeness (QED) is 0.643. The number of hydrogen-bond donors (Lipinski definition) is 2. The number of benzene rings is 2. The number of rotatable bonds is 5. The highest BCUT2D eigenvalue weighted by Crippen LogP contribution is 2.22. The summed E-state index contributed by atoms with van der Waals surface area (Å²) in [5.74, 6) is 0.311. The first-order chi connectivity index (χ1) is 11.3. The van der Waals surface area contributed by atoms with E-state index in [1.165, 1.54) is 6.07 Å². The summed E-state index contributed by atoms with van der Waals surface area (Å²) in [6, 6.07) is 14.0. The summed E-state index contributed by atoms with van der Waals surface area (Å²) in [5, 5.41) is 2.92. The highest BCUT2D eigenvalue weighted by atomic mass is 19.4. The molecule has 0 bridgehead atoms. The predicted molar refractivity (Wildman–Crippen MR) is 88.1 cm³/mol. The lowest BCUT2D eigenvalue weighted by atomic mass is 10.2. The van der Waals surface area contributed by atoms with Crippen LogP contribution < -0.4 is 15.8 Å². The second kappa shape index (κ2) is 7.72. The fourth-order valence-electron chi connectivity index (χ4n) is 1.93. The van der Waals surface area contributed by atoms with Crippen molar-refractivity contribution >= 4 is 11.6 Å². The topological polar surface area (TPSA) is 59.6 Å². The zero-order valence-corrected chi connectivity index (χ0v) is 13.1. The number of aliphatic imine (C=N–C) groups is 1. The lowest BCUT2D eigenvalue weighted by Gasteiger charge is -2.12. The van der Waals surface area contributed by atoms with Crippen molar-refractivity contribution in [1.29, 1.82) is 0 Å². The molecule has 0 radical (unpaired) electrons. The van der Waals surface area contributed by atoms with Crippen molar-refractivity contribution in [2.24, 2.45) is 10.7 Å². The van der Waals surface area contributed by atoms with Crippen LogP contribution in [-0.2, 0) is 6.54 Å². The van der Waals surface area contributed by atoms with Crippen molar-refractivity contribution < 1.29 is 17.9 Å². The van der Waals surface area contributed by atoms with Crippen molar-refractivity contribution in [2.75, 3.05) is 11.9 Å². The third-order valence-corrected chi connectivity index (χ3v) is 3.11.